The van der Waals surface area contributed by atoms with Crippen molar-refractivity contribution in [1.29, 1.82) is 0 Å². The molecule has 0 amide bonds. The molecule has 1 N–H and O–H groups in total. The molecule has 0 spiro atoms. The largest absolute Gasteiger partial charge is 0.392 e. The molecule has 0 aromatic heterocycles. The van der Waals surface area contributed by atoms with E-state index in [1.54, 1.807) is 0 Å². The fraction of sp³-hybridized carbons (Fsp3) is 0.667. The lowest BCUT2D eigenvalue weighted by atomic mass is 10.2. The highest BCUT2D eigenvalue weighted by Crippen LogP contribution is 2.07. The number of hydrogen-bond donors (Lipinski definition) is 1. The van der Waals surface area contributed by atoms with Crippen molar-refractivity contribution in [3.63, 3.8) is 0 Å². The Morgan fingerprint density at radius 2 is 2.44 bits per heavy atom. The summed E-state index contributed by atoms with van der Waals surface area (Å²) in [6, 6.07) is 0. The van der Waals surface area contributed by atoms with Crippen LogP contribution in [0.15, 0.2) is 9.66 Å². The second kappa shape index (κ2) is 5.50. The SMILES string of the molecule is C/C(=C\I)CC(O)CCl. The molecule has 0 aromatic rings. The quantitative estimate of drug-likeness (QED) is 0.610. The fourth-order valence-electron chi connectivity index (χ4n) is 0.471. The predicted octanol–water partition coefficient (Wildman–Crippen LogP) is 2.32. The Morgan fingerprint density at radius 3 is 2.78 bits per heavy atom. The molecular weight excluding hydrogens is 250 g/mol. The molecule has 0 aromatic carbocycles. The Labute approximate surface area is 74.2 Å². The molecule has 0 aliphatic carbocycles. The molecule has 0 saturated heterocycles. The van der Waals surface area contributed by atoms with Gasteiger partial charge in [0.25, 0.3) is 0 Å². The lowest BCUT2D eigenvalue weighted by molar-refractivity contribution is 0.198. The minimum absolute atomic E-state index is 0.321. The van der Waals surface area contributed by atoms with Gasteiger partial charge in [0.1, 0.15) is 0 Å². The summed E-state index contributed by atoms with van der Waals surface area (Å²) in [6.07, 6.45) is 0.310. The molecule has 3 heteroatoms. The molecule has 1 unspecified atom stereocenters. The summed E-state index contributed by atoms with van der Waals surface area (Å²) in [6.45, 7) is 1.97. The van der Waals surface area contributed by atoms with Gasteiger partial charge in [-0.3, -0.25) is 0 Å². The summed E-state index contributed by atoms with van der Waals surface area (Å²) < 4.78 is 1.95. The molecule has 0 aliphatic rings. The molecule has 0 saturated carbocycles. The number of halogens is 2. The summed E-state index contributed by atoms with van der Waals surface area (Å²) in [5.41, 5.74) is 1.17. The van der Waals surface area contributed by atoms with Crippen molar-refractivity contribution in [1.82, 2.24) is 0 Å². The van der Waals surface area contributed by atoms with Gasteiger partial charge in [-0.15, -0.1) is 11.6 Å². The Morgan fingerprint density at radius 1 is 1.89 bits per heavy atom. The van der Waals surface area contributed by atoms with Crippen molar-refractivity contribution >= 4 is 34.2 Å². The average molecular weight is 261 g/mol. The van der Waals surface area contributed by atoms with Crippen LogP contribution in [0.25, 0.3) is 0 Å². The highest BCUT2D eigenvalue weighted by molar-refractivity contribution is 14.1. The van der Waals surface area contributed by atoms with Gasteiger partial charge in [0.05, 0.1) is 6.10 Å². The molecule has 9 heavy (non-hydrogen) atoms. The van der Waals surface area contributed by atoms with Crippen LogP contribution < -0.4 is 0 Å². The zero-order valence-corrected chi connectivity index (χ0v) is 8.19. The van der Waals surface area contributed by atoms with Crippen LogP contribution in [0.5, 0.6) is 0 Å². The van der Waals surface area contributed by atoms with E-state index < -0.39 is 0 Å². The van der Waals surface area contributed by atoms with Gasteiger partial charge >= 0.3 is 0 Å². The molecular formula is C6H10ClIO. The maximum Gasteiger partial charge on any atom is 0.0712 e. The van der Waals surface area contributed by atoms with Gasteiger partial charge in [-0.2, -0.15) is 0 Å². The first-order chi connectivity index (χ1) is 4.20. The van der Waals surface area contributed by atoms with Crippen LogP contribution in [-0.4, -0.2) is 17.1 Å². The van der Waals surface area contributed by atoms with E-state index in [0.717, 1.165) is 0 Å². The van der Waals surface area contributed by atoms with Gasteiger partial charge in [0.15, 0.2) is 0 Å². The van der Waals surface area contributed by atoms with Crippen molar-refractivity contribution < 1.29 is 5.11 Å². The maximum atomic E-state index is 8.98. The summed E-state index contributed by atoms with van der Waals surface area (Å²) in [5, 5.41) is 8.98. The summed E-state index contributed by atoms with van der Waals surface area (Å²) >= 11 is 7.52. The summed E-state index contributed by atoms with van der Waals surface area (Å²) in [7, 11) is 0. The number of aliphatic hydroxyl groups is 1. The number of alkyl halides is 1. The Bertz CT molecular complexity index is 103. The Kier molecular flexibility index (Phi) is 5.94. The van der Waals surface area contributed by atoms with E-state index in [0.29, 0.717) is 12.3 Å². The van der Waals surface area contributed by atoms with Crippen LogP contribution in [0.1, 0.15) is 13.3 Å². The zero-order valence-electron chi connectivity index (χ0n) is 5.27. The van der Waals surface area contributed by atoms with E-state index in [2.05, 4.69) is 22.6 Å². The lowest BCUT2D eigenvalue weighted by Gasteiger charge is -2.04. The fourth-order valence-corrected chi connectivity index (χ4v) is 0.834. The lowest BCUT2D eigenvalue weighted by Crippen LogP contribution is -2.07. The zero-order chi connectivity index (χ0) is 7.28. The van der Waals surface area contributed by atoms with Crippen molar-refractivity contribution in [2.45, 2.75) is 19.4 Å². The van der Waals surface area contributed by atoms with Gasteiger partial charge < -0.3 is 5.11 Å². The van der Waals surface area contributed by atoms with Crippen molar-refractivity contribution in [3.8, 4) is 0 Å². The second-order valence-corrected chi connectivity index (χ2v) is 2.90. The standard InChI is InChI=1S/C6H10ClIO/c1-5(4-8)2-6(9)3-7/h4,6,9H,2-3H2,1H3/b5-4+. The normalized spacial score (nSPS) is 15.8. The smallest absolute Gasteiger partial charge is 0.0712 e. The topological polar surface area (TPSA) is 20.2 Å². The molecule has 1 nitrogen and oxygen atoms in total. The van der Waals surface area contributed by atoms with Crippen molar-refractivity contribution in [3.05, 3.63) is 9.66 Å². The Hall–Kier alpha value is 0.720. The van der Waals surface area contributed by atoms with E-state index in [9.17, 15) is 0 Å². The molecule has 0 heterocycles. The van der Waals surface area contributed by atoms with E-state index >= 15 is 0 Å². The van der Waals surface area contributed by atoms with Gasteiger partial charge in [-0.1, -0.05) is 28.2 Å². The molecule has 0 radical (unpaired) electrons. The van der Waals surface area contributed by atoms with Crippen molar-refractivity contribution in [2.24, 2.45) is 0 Å². The van der Waals surface area contributed by atoms with E-state index in [-0.39, 0.29) is 6.10 Å². The van der Waals surface area contributed by atoms with Crippen molar-refractivity contribution in [2.75, 3.05) is 5.88 Å². The third kappa shape index (κ3) is 5.18. The van der Waals surface area contributed by atoms with Crippen LogP contribution in [-0.2, 0) is 0 Å². The second-order valence-electron chi connectivity index (χ2n) is 1.97. The average Bonchev–Trinajstić information content (AvgIpc) is 1.87. The Balaban J connectivity index is 3.47. The van der Waals surface area contributed by atoms with Crippen LogP contribution in [0.3, 0.4) is 0 Å². The third-order valence-corrected chi connectivity index (χ3v) is 2.34. The molecule has 0 aliphatic heterocycles. The highest BCUT2D eigenvalue weighted by atomic mass is 127. The van der Waals surface area contributed by atoms with Crippen LogP contribution in [0.2, 0.25) is 0 Å². The van der Waals surface area contributed by atoms with E-state index in [4.69, 9.17) is 16.7 Å². The first kappa shape index (κ1) is 9.72. The highest BCUT2D eigenvalue weighted by Gasteiger charge is 2.00. The first-order valence-electron chi connectivity index (χ1n) is 2.70. The van der Waals surface area contributed by atoms with Gasteiger partial charge in [-0.05, 0) is 17.4 Å². The molecule has 0 rings (SSSR count). The van der Waals surface area contributed by atoms with Gasteiger partial charge in [0, 0.05) is 5.88 Å². The maximum absolute atomic E-state index is 8.98. The minimum atomic E-state index is -0.377. The van der Waals surface area contributed by atoms with E-state index in [1.165, 1.54) is 5.57 Å². The minimum Gasteiger partial charge on any atom is -0.392 e. The number of aliphatic hydroxyl groups excluding tert-OH is 1. The first-order valence-corrected chi connectivity index (χ1v) is 4.48. The molecule has 0 fully saturated rings. The summed E-state index contributed by atoms with van der Waals surface area (Å²) in [4.78, 5) is 0. The third-order valence-electron chi connectivity index (χ3n) is 0.922. The van der Waals surface area contributed by atoms with Gasteiger partial charge in [0.2, 0.25) is 0 Å². The van der Waals surface area contributed by atoms with Crippen LogP contribution in [0.4, 0.5) is 0 Å². The van der Waals surface area contributed by atoms with E-state index in [1.807, 2.05) is 11.0 Å². The number of hydrogen-bond acceptors (Lipinski definition) is 1. The molecule has 54 valence electrons. The summed E-state index contributed by atoms with van der Waals surface area (Å²) in [5.74, 6) is 0.321. The molecule has 1 atom stereocenters. The number of rotatable bonds is 3. The monoisotopic (exact) mass is 260 g/mol. The van der Waals surface area contributed by atoms with Gasteiger partial charge in [-0.25, -0.2) is 0 Å². The van der Waals surface area contributed by atoms with Crippen LogP contribution in [0, 0.1) is 0 Å². The van der Waals surface area contributed by atoms with Crippen LogP contribution >= 0.6 is 34.2 Å². The predicted molar refractivity (Wildman–Crippen MR) is 49.1 cm³/mol. The molecule has 0 bridgehead atoms.